The van der Waals surface area contributed by atoms with Crippen LogP contribution in [0.3, 0.4) is 0 Å². The smallest absolute Gasteiger partial charge is 0.395 e. The number of amides is 1. The molecule has 0 bridgehead atoms. The van der Waals surface area contributed by atoms with E-state index in [0.717, 1.165) is 0 Å². The van der Waals surface area contributed by atoms with Crippen LogP contribution in [0.2, 0.25) is 0 Å². The largest absolute Gasteiger partial charge is 0.586 e. The predicted molar refractivity (Wildman–Crippen MR) is 123 cm³/mol. The maximum absolute atomic E-state index is 13.9. The number of ether oxygens (including phenoxy) is 2. The van der Waals surface area contributed by atoms with Gasteiger partial charge in [-0.2, -0.15) is 18.3 Å². The Hall–Kier alpha value is -3.67. The number of carbonyl (C=O) groups is 1. The molecule has 2 aromatic carbocycles. The summed E-state index contributed by atoms with van der Waals surface area (Å²) < 4.78 is 78.6. The maximum Gasteiger partial charge on any atom is 0.586 e. The summed E-state index contributed by atoms with van der Waals surface area (Å²) in [5.41, 5.74) is -0.321. The molecule has 1 aromatic heterocycles. The van der Waals surface area contributed by atoms with Crippen molar-refractivity contribution in [1.29, 1.82) is 0 Å². The Morgan fingerprint density at radius 3 is 2.49 bits per heavy atom. The number of aromatic nitrogens is 2. The van der Waals surface area contributed by atoms with Crippen LogP contribution in [0, 0.1) is 0 Å². The van der Waals surface area contributed by atoms with Crippen LogP contribution in [0.25, 0.3) is 5.69 Å². The summed E-state index contributed by atoms with van der Waals surface area (Å²) in [6.45, 7) is 4.32. The molecule has 37 heavy (non-hydrogen) atoms. The molecule has 0 atom stereocenters. The molecule has 0 spiro atoms. The molecule has 3 heterocycles. The Labute approximate surface area is 209 Å². The molecule has 0 N–H and O–H groups in total. The third-order valence-electron chi connectivity index (χ3n) is 6.40. The van der Waals surface area contributed by atoms with E-state index in [-0.39, 0.29) is 34.9 Å². The molecule has 12 heteroatoms. The highest BCUT2D eigenvalue weighted by Gasteiger charge is 2.45. The lowest BCUT2D eigenvalue weighted by Gasteiger charge is -2.37. The second kappa shape index (κ2) is 8.17. The second-order valence-electron chi connectivity index (χ2n) is 9.85. The Kier molecular flexibility index (Phi) is 5.52. The zero-order valence-electron chi connectivity index (χ0n) is 20.4. The summed E-state index contributed by atoms with van der Waals surface area (Å²) in [4.78, 5) is 16.3. The van der Waals surface area contributed by atoms with Crippen molar-refractivity contribution in [2.75, 3.05) is 25.5 Å². The summed E-state index contributed by atoms with van der Waals surface area (Å²) in [5, 5.41) is 3.96. The average molecular weight is 522 g/mol. The highest BCUT2D eigenvalue weighted by molar-refractivity contribution is 6.06. The van der Waals surface area contributed by atoms with Crippen LogP contribution in [0.1, 0.15) is 41.2 Å². The lowest BCUT2D eigenvalue weighted by atomic mass is 9.82. The fourth-order valence-corrected chi connectivity index (χ4v) is 5.01. The highest BCUT2D eigenvalue weighted by atomic mass is 19.4. The first-order valence-corrected chi connectivity index (χ1v) is 11.3. The van der Waals surface area contributed by atoms with Crippen molar-refractivity contribution in [1.82, 2.24) is 14.7 Å². The van der Waals surface area contributed by atoms with Gasteiger partial charge in [0.05, 0.1) is 11.4 Å². The molecule has 0 saturated heterocycles. The first-order chi connectivity index (χ1) is 17.2. The minimum Gasteiger partial charge on any atom is -0.395 e. The van der Waals surface area contributed by atoms with E-state index in [1.54, 1.807) is 19.2 Å². The molecule has 0 aliphatic carbocycles. The van der Waals surface area contributed by atoms with Gasteiger partial charge in [0.15, 0.2) is 17.2 Å². The van der Waals surface area contributed by atoms with Crippen molar-refractivity contribution < 1.29 is 36.2 Å². The van der Waals surface area contributed by atoms with Gasteiger partial charge in [-0.05, 0) is 37.4 Å². The zero-order chi connectivity index (χ0) is 26.9. The molecule has 0 fully saturated rings. The average Bonchev–Trinajstić information content (AvgIpc) is 3.33. The van der Waals surface area contributed by atoms with E-state index < -0.39 is 29.5 Å². The quantitative estimate of drug-likeness (QED) is 0.442. The molecule has 196 valence electrons. The third-order valence-corrected chi connectivity index (χ3v) is 6.40. The van der Waals surface area contributed by atoms with Gasteiger partial charge in [-0.15, -0.1) is 8.78 Å². The molecular formula is C25H23F5N4O3. The van der Waals surface area contributed by atoms with Crippen molar-refractivity contribution in [3.8, 4) is 17.2 Å². The molecule has 0 saturated carbocycles. The normalized spacial score (nSPS) is 18.0. The van der Waals surface area contributed by atoms with E-state index in [2.05, 4.69) is 14.6 Å². The minimum absolute atomic E-state index is 0.0954. The summed E-state index contributed by atoms with van der Waals surface area (Å²) in [7, 11) is 3.20. The summed E-state index contributed by atoms with van der Waals surface area (Å²) in [5.74, 6) is -0.886. The van der Waals surface area contributed by atoms with Crippen LogP contribution in [0.15, 0.2) is 42.5 Å². The molecule has 1 amide bonds. The third kappa shape index (κ3) is 4.39. The van der Waals surface area contributed by atoms with Gasteiger partial charge in [-0.3, -0.25) is 4.79 Å². The van der Waals surface area contributed by atoms with Gasteiger partial charge in [0.2, 0.25) is 0 Å². The monoisotopic (exact) mass is 522 g/mol. The molecular weight excluding hydrogens is 499 g/mol. The number of rotatable bonds is 3. The van der Waals surface area contributed by atoms with Crippen molar-refractivity contribution >= 4 is 11.6 Å². The second-order valence-corrected chi connectivity index (χ2v) is 9.85. The molecule has 0 unspecified atom stereocenters. The van der Waals surface area contributed by atoms with Crippen molar-refractivity contribution in [3.05, 3.63) is 65.0 Å². The van der Waals surface area contributed by atoms with Crippen LogP contribution in [0.4, 0.5) is 27.6 Å². The summed E-state index contributed by atoms with van der Waals surface area (Å²) >= 11 is 0. The minimum atomic E-state index is -4.65. The predicted octanol–water partition coefficient (Wildman–Crippen LogP) is 5.21. The summed E-state index contributed by atoms with van der Waals surface area (Å²) in [6, 6.07) is 10.0. The fourth-order valence-electron chi connectivity index (χ4n) is 5.01. The molecule has 7 nitrogen and oxygen atoms in total. The first-order valence-electron chi connectivity index (χ1n) is 11.3. The number of likely N-dealkylation sites (N-methyl/N-ethyl adjacent to an activating group) is 1. The van der Waals surface area contributed by atoms with Crippen molar-refractivity contribution in [2.24, 2.45) is 0 Å². The Morgan fingerprint density at radius 1 is 1.08 bits per heavy atom. The molecule has 3 aromatic rings. The van der Waals surface area contributed by atoms with Gasteiger partial charge in [0.25, 0.3) is 5.91 Å². The number of benzene rings is 2. The van der Waals surface area contributed by atoms with E-state index in [0.29, 0.717) is 17.9 Å². The first kappa shape index (κ1) is 25.0. The standard InChI is InChI=1S/C25H23F5N4O3/c1-23(2)13-32(3)12-17-20(24(26,27)28)31-34(21(17)23)16-7-5-6-14(10-16)22(35)33(4)15-8-9-18-19(11-15)37-25(29,30)36-18/h5-11H,12-13H2,1-4H3. The summed E-state index contributed by atoms with van der Waals surface area (Å²) in [6.07, 6.45) is -8.44. The van der Waals surface area contributed by atoms with E-state index in [4.69, 9.17) is 0 Å². The van der Waals surface area contributed by atoms with Crippen molar-refractivity contribution in [2.45, 2.75) is 38.3 Å². The number of hydrogen-bond donors (Lipinski definition) is 0. The molecule has 5 rings (SSSR count). The SMILES string of the molecule is CN1Cc2c(C(F)(F)F)nn(-c3cccc(C(=O)N(C)c4ccc5c(c4)OC(F)(F)O5)c3)c2C(C)(C)C1. The Bertz CT molecular complexity index is 1400. The van der Waals surface area contributed by atoms with E-state index >= 15 is 0 Å². The van der Waals surface area contributed by atoms with E-state index in [1.807, 2.05) is 18.7 Å². The Balaban J connectivity index is 1.52. The van der Waals surface area contributed by atoms with Crippen LogP contribution >= 0.6 is 0 Å². The van der Waals surface area contributed by atoms with E-state index in [1.165, 1.54) is 47.0 Å². The van der Waals surface area contributed by atoms with Crippen molar-refractivity contribution in [3.63, 3.8) is 0 Å². The van der Waals surface area contributed by atoms with Gasteiger partial charge in [0, 0.05) is 48.4 Å². The van der Waals surface area contributed by atoms with Crippen LogP contribution < -0.4 is 14.4 Å². The lowest BCUT2D eigenvalue weighted by Crippen LogP contribution is -2.41. The topological polar surface area (TPSA) is 59.8 Å². The van der Waals surface area contributed by atoms with Crippen LogP contribution in [-0.2, 0) is 18.1 Å². The maximum atomic E-state index is 13.9. The fraction of sp³-hybridized carbons (Fsp3) is 0.360. The lowest BCUT2D eigenvalue weighted by molar-refractivity contribution is -0.286. The van der Waals surface area contributed by atoms with Gasteiger partial charge in [-0.25, -0.2) is 4.68 Å². The number of halogens is 5. The number of anilines is 1. The number of alkyl halides is 5. The number of hydrogen-bond acceptors (Lipinski definition) is 5. The molecule has 2 aliphatic heterocycles. The van der Waals surface area contributed by atoms with Gasteiger partial charge < -0.3 is 19.3 Å². The number of carbonyl (C=O) groups excluding carboxylic acids is 1. The molecule has 2 aliphatic rings. The van der Waals surface area contributed by atoms with Gasteiger partial charge in [0.1, 0.15) is 0 Å². The zero-order valence-corrected chi connectivity index (χ0v) is 20.4. The Morgan fingerprint density at radius 2 is 1.78 bits per heavy atom. The number of nitrogens with zero attached hydrogens (tertiary/aromatic N) is 4. The molecule has 0 radical (unpaired) electrons. The van der Waals surface area contributed by atoms with E-state index in [9.17, 15) is 26.7 Å². The van der Waals surface area contributed by atoms with Gasteiger partial charge >= 0.3 is 12.5 Å². The number of fused-ring (bicyclic) bond motifs is 2. The van der Waals surface area contributed by atoms with Crippen LogP contribution in [0.5, 0.6) is 11.5 Å². The van der Waals surface area contributed by atoms with Gasteiger partial charge in [-0.1, -0.05) is 19.9 Å². The van der Waals surface area contributed by atoms with Crippen LogP contribution in [-0.4, -0.2) is 47.5 Å². The highest BCUT2D eigenvalue weighted by Crippen LogP contribution is 2.43.